The molecule has 15 heavy (non-hydrogen) atoms. The summed E-state index contributed by atoms with van der Waals surface area (Å²) in [5.74, 6) is 0. The van der Waals surface area contributed by atoms with Crippen molar-refractivity contribution in [2.75, 3.05) is 13.1 Å². The molecule has 0 saturated carbocycles. The maximum absolute atomic E-state index is 10.8. The van der Waals surface area contributed by atoms with E-state index in [1.807, 2.05) is 13.8 Å². The van der Waals surface area contributed by atoms with Gasteiger partial charge in [-0.15, -0.1) is 4.91 Å². The Kier molecular flexibility index (Phi) is 2.68. The summed E-state index contributed by atoms with van der Waals surface area (Å²) in [6.07, 6.45) is -0.446. The summed E-state index contributed by atoms with van der Waals surface area (Å²) in [5, 5.41) is 3.97. The van der Waals surface area contributed by atoms with Gasteiger partial charge >= 0.3 is 0 Å². The second-order valence-electron chi connectivity index (χ2n) is 4.27. The largest absolute Gasteiger partial charge is 0.322 e. The van der Waals surface area contributed by atoms with Crippen molar-refractivity contribution in [3.05, 3.63) is 4.91 Å². The van der Waals surface area contributed by atoms with E-state index in [2.05, 4.69) is 10.2 Å². The van der Waals surface area contributed by atoms with Crippen LogP contribution in [0, 0.1) is 4.91 Å². The zero-order valence-corrected chi connectivity index (χ0v) is 10.7. The van der Waals surface area contributed by atoms with Crippen LogP contribution in [-0.2, 0) is 0 Å². The molecule has 2 aliphatic rings. The van der Waals surface area contributed by atoms with Crippen LogP contribution < -0.4 is 0 Å². The van der Waals surface area contributed by atoms with Gasteiger partial charge in [0.2, 0.25) is 0 Å². The molecular formula is C8H11Cl2N3OS. The minimum atomic E-state index is -0.909. The number of nitroso groups, excluding NO2 is 1. The van der Waals surface area contributed by atoms with Crippen LogP contribution in [-0.4, -0.2) is 38.4 Å². The summed E-state index contributed by atoms with van der Waals surface area (Å²) in [5.41, 5.74) is 0. The van der Waals surface area contributed by atoms with Gasteiger partial charge in [-0.3, -0.25) is 4.99 Å². The quantitative estimate of drug-likeness (QED) is 0.542. The third-order valence-corrected chi connectivity index (χ3v) is 4.23. The molecule has 1 fully saturated rings. The Morgan fingerprint density at radius 1 is 1.60 bits per heavy atom. The molecule has 0 aromatic rings. The number of halogens is 2. The predicted octanol–water partition coefficient (Wildman–Crippen LogP) is 2.45. The van der Waals surface area contributed by atoms with Crippen LogP contribution in [0.1, 0.15) is 13.8 Å². The Hall–Kier alpha value is -0.000000000000000167. The van der Waals surface area contributed by atoms with Crippen molar-refractivity contribution in [3.8, 4) is 0 Å². The van der Waals surface area contributed by atoms with E-state index in [4.69, 9.17) is 23.2 Å². The van der Waals surface area contributed by atoms with Crippen molar-refractivity contribution in [2.24, 2.45) is 10.2 Å². The summed E-state index contributed by atoms with van der Waals surface area (Å²) in [4.78, 5) is 16.9. The highest BCUT2D eigenvalue weighted by Gasteiger charge is 2.50. The lowest BCUT2D eigenvalue weighted by Gasteiger charge is -2.33. The van der Waals surface area contributed by atoms with Crippen LogP contribution in [0.25, 0.3) is 0 Å². The topological polar surface area (TPSA) is 45.0 Å². The molecule has 0 N–H and O–H groups in total. The van der Waals surface area contributed by atoms with Crippen molar-refractivity contribution in [1.29, 1.82) is 0 Å². The van der Waals surface area contributed by atoms with Gasteiger partial charge in [0.05, 0.1) is 17.8 Å². The van der Waals surface area contributed by atoms with Gasteiger partial charge in [-0.05, 0) is 19.0 Å². The van der Waals surface area contributed by atoms with Gasteiger partial charge in [-0.2, -0.15) is 0 Å². The van der Waals surface area contributed by atoms with Crippen molar-refractivity contribution >= 4 is 40.1 Å². The van der Waals surface area contributed by atoms with E-state index in [0.29, 0.717) is 13.1 Å². The fourth-order valence-electron chi connectivity index (χ4n) is 1.77. The highest BCUT2D eigenvalue weighted by molar-refractivity contribution is 8.15. The summed E-state index contributed by atoms with van der Waals surface area (Å²) in [6.45, 7) is 4.71. The van der Waals surface area contributed by atoms with Gasteiger partial charge in [0.25, 0.3) is 0 Å². The molecule has 0 aliphatic carbocycles. The second-order valence-corrected chi connectivity index (χ2v) is 7.53. The van der Waals surface area contributed by atoms with Crippen LogP contribution in [0.2, 0.25) is 0 Å². The highest BCUT2D eigenvalue weighted by Crippen LogP contribution is 2.45. The maximum Gasteiger partial charge on any atom is 0.179 e. The first-order valence-electron chi connectivity index (χ1n) is 4.56. The molecule has 1 unspecified atom stereocenters. The molecule has 0 amide bonds. The molecule has 0 aromatic carbocycles. The van der Waals surface area contributed by atoms with E-state index in [-0.39, 0.29) is 4.75 Å². The number of aliphatic imine (C=N–C) groups is 1. The van der Waals surface area contributed by atoms with Gasteiger partial charge < -0.3 is 4.90 Å². The Bertz CT molecular complexity index is 332. The number of hydrogen-bond acceptors (Lipinski definition) is 5. The average Bonchev–Trinajstić information content (AvgIpc) is 2.33. The lowest BCUT2D eigenvalue weighted by atomic mass is 10.1. The lowest BCUT2D eigenvalue weighted by molar-refractivity contribution is 0.276. The summed E-state index contributed by atoms with van der Waals surface area (Å²) >= 11 is 13.6. The fraction of sp³-hybridized carbons (Fsp3) is 0.875. The normalized spacial score (nSPS) is 32.1. The molecule has 0 radical (unpaired) electrons. The third-order valence-electron chi connectivity index (χ3n) is 2.46. The second kappa shape index (κ2) is 3.50. The van der Waals surface area contributed by atoms with Crippen LogP contribution in [0.15, 0.2) is 10.2 Å². The van der Waals surface area contributed by atoms with Crippen LogP contribution in [0.5, 0.6) is 0 Å². The van der Waals surface area contributed by atoms with Gasteiger partial charge in [-0.25, -0.2) is 0 Å². The highest BCUT2D eigenvalue weighted by atomic mass is 35.5. The van der Waals surface area contributed by atoms with Crippen LogP contribution in [0.3, 0.4) is 0 Å². The van der Waals surface area contributed by atoms with Crippen LogP contribution in [0.4, 0.5) is 0 Å². The standard InChI is InChI=1S/C8H11Cl2N3OS/c1-7(2)5(12-14)13-4-8(9,10)3-11-6(13)15-7/h5H,3-4H2,1-2H3. The minimum Gasteiger partial charge on any atom is -0.322 e. The van der Waals surface area contributed by atoms with Crippen molar-refractivity contribution in [2.45, 2.75) is 29.1 Å². The molecule has 84 valence electrons. The number of amidine groups is 1. The molecule has 1 atom stereocenters. The molecule has 2 rings (SSSR count). The molecule has 0 spiro atoms. The molecule has 0 aromatic heterocycles. The monoisotopic (exact) mass is 267 g/mol. The van der Waals surface area contributed by atoms with E-state index in [1.165, 1.54) is 0 Å². The van der Waals surface area contributed by atoms with Gasteiger partial charge in [-0.1, -0.05) is 35.0 Å². The molecular weight excluding hydrogens is 257 g/mol. The Labute approximate surface area is 102 Å². The zero-order chi connectivity index (χ0) is 11.3. The number of rotatable bonds is 1. The minimum absolute atomic E-state index is 0.269. The van der Waals surface area contributed by atoms with Crippen molar-refractivity contribution in [3.63, 3.8) is 0 Å². The number of alkyl halides is 2. The van der Waals surface area contributed by atoms with E-state index in [9.17, 15) is 4.91 Å². The summed E-state index contributed by atoms with van der Waals surface area (Å²) < 4.78 is -1.18. The lowest BCUT2D eigenvalue weighted by Crippen LogP contribution is -2.48. The third kappa shape index (κ3) is 1.97. The van der Waals surface area contributed by atoms with E-state index in [1.54, 1.807) is 16.7 Å². The SMILES string of the molecule is CC1(C)SC2=NCC(Cl)(Cl)CN2C1N=O. The molecule has 2 aliphatic heterocycles. The Balaban J connectivity index is 2.32. The van der Waals surface area contributed by atoms with Gasteiger partial charge in [0.15, 0.2) is 15.7 Å². The van der Waals surface area contributed by atoms with Gasteiger partial charge in [0.1, 0.15) is 0 Å². The molecule has 4 nitrogen and oxygen atoms in total. The first kappa shape index (κ1) is 11.5. The molecule has 1 saturated heterocycles. The maximum atomic E-state index is 10.8. The summed E-state index contributed by atoms with van der Waals surface area (Å²) in [7, 11) is 0. The average molecular weight is 268 g/mol. The summed E-state index contributed by atoms with van der Waals surface area (Å²) in [6, 6.07) is 0. The van der Waals surface area contributed by atoms with E-state index < -0.39 is 10.5 Å². The number of nitrogens with zero attached hydrogens (tertiary/aromatic N) is 3. The molecule has 7 heteroatoms. The Morgan fingerprint density at radius 2 is 2.27 bits per heavy atom. The number of thioether (sulfide) groups is 1. The van der Waals surface area contributed by atoms with Crippen molar-refractivity contribution < 1.29 is 0 Å². The smallest absolute Gasteiger partial charge is 0.179 e. The van der Waals surface area contributed by atoms with E-state index in [0.717, 1.165) is 5.17 Å². The molecule has 2 heterocycles. The number of hydrogen-bond donors (Lipinski definition) is 0. The van der Waals surface area contributed by atoms with Gasteiger partial charge in [0, 0.05) is 0 Å². The molecule has 0 bridgehead atoms. The first-order chi connectivity index (χ1) is 6.86. The predicted molar refractivity (Wildman–Crippen MR) is 64.7 cm³/mol. The number of fused-ring (bicyclic) bond motifs is 1. The van der Waals surface area contributed by atoms with E-state index >= 15 is 0 Å². The fourth-order valence-corrected chi connectivity index (χ4v) is 3.30. The van der Waals surface area contributed by atoms with Crippen molar-refractivity contribution in [1.82, 2.24) is 4.90 Å². The zero-order valence-electron chi connectivity index (χ0n) is 8.41. The Morgan fingerprint density at radius 3 is 2.87 bits per heavy atom. The van der Waals surface area contributed by atoms with Crippen LogP contribution >= 0.6 is 35.0 Å². The first-order valence-corrected chi connectivity index (χ1v) is 6.13.